The summed E-state index contributed by atoms with van der Waals surface area (Å²) in [5, 5.41) is 10.9. The number of aromatic nitrogens is 1. The van der Waals surface area contributed by atoms with Crippen LogP contribution in [0.25, 0.3) is 10.9 Å². The van der Waals surface area contributed by atoms with Crippen molar-refractivity contribution in [2.24, 2.45) is 13.0 Å². The van der Waals surface area contributed by atoms with Crippen LogP contribution in [0.4, 0.5) is 0 Å². The van der Waals surface area contributed by atoms with Crippen molar-refractivity contribution in [3.05, 3.63) is 48.2 Å². The molecule has 0 amide bonds. The molecule has 2 heterocycles. The molecule has 1 saturated heterocycles. The lowest BCUT2D eigenvalue weighted by atomic mass is 9.72. The van der Waals surface area contributed by atoms with Crippen LogP contribution in [-0.2, 0) is 18.3 Å². The molecule has 3 atom stereocenters. The lowest BCUT2D eigenvalue weighted by molar-refractivity contribution is -0.144. The largest absolute Gasteiger partial charge is 0.481 e. The van der Waals surface area contributed by atoms with Gasteiger partial charge in [0.1, 0.15) is 0 Å². The van der Waals surface area contributed by atoms with Gasteiger partial charge in [-0.2, -0.15) is 0 Å². The monoisotopic (exact) mass is 310 g/mol. The lowest BCUT2D eigenvalue weighted by Crippen LogP contribution is -2.51. The number of rotatable bonds is 3. The first kappa shape index (κ1) is 14.5. The minimum Gasteiger partial charge on any atom is -0.481 e. The number of fused-ring (bicyclic) bond motifs is 2. The van der Waals surface area contributed by atoms with E-state index in [0.717, 1.165) is 19.4 Å². The molecule has 2 aromatic rings. The Morgan fingerprint density at radius 2 is 2.30 bits per heavy atom. The Labute approximate surface area is 136 Å². The van der Waals surface area contributed by atoms with E-state index in [1.54, 1.807) is 0 Å². The van der Waals surface area contributed by atoms with Crippen molar-refractivity contribution < 1.29 is 9.90 Å². The van der Waals surface area contributed by atoms with Crippen molar-refractivity contribution in [3.63, 3.8) is 0 Å². The fraction of sp³-hybridized carbons (Fsp3) is 0.421. The van der Waals surface area contributed by atoms with E-state index in [-0.39, 0.29) is 5.92 Å². The summed E-state index contributed by atoms with van der Waals surface area (Å²) in [4.78, 5) is 13.9. The Bertz CT molecular complexity index is 792. The molecule has 0 saturated carbocycles. The number of nitrogens with zero attached hydrogens (tertiary/aromatic N) is 2. The summed E-state index contributed by atoms with van der Waals surface area (Å²) in [5.41, 5.74) is 3.97. The van der Waals surface area contributed by atoms with Gasteiger partial charge in [0.15, 0.2) is 0 Å². The maximum absolute atomic E-state index is 11.6. The van der Waals surface area contributed by atoms with Crippen LogP contribution in [0.1, 0.15) is 23.5 Å². The molecule has 1 N–H and O–H groups in total. The molecule has 1 aliphatic heterocycles. The molecule has 4 rings (SSSR count). The second-order valence-electron chi connectivity index (χ2n) is 6.90. The summed E-state index contributed by atoms with van der Waals surface area (Å²) in [6, 6.07) is 6.83. The van der Waals surface area contributed by atoms with Gasteiger partial charge in [0.25, 0.3) is 0 Å². The van der Waals surface area contributed by atoms with E-state index in [1.165, 1.54) is 22.0 Å². The molecule has 1 fully saturated rings. The molecule has 1 aromatic heterocycles. The van der Waals surface area contributed by atoms with Crippen molar-refractivity contribution in [1.82, 2.24) is 9.47 Å². The normalized spacial score (nSPS) is 26.9. The van der Waals surface area contributed by atoms with E-state index >= 15 is 0 Å². The predicted molar refractivity (Wildman–Crippen MR) is 90.7 cm³/mol. The minimum atomic E-state index is -0.677. The standard InChI is InChI=1S/C19H22N2O2/c1-3-7-21-11-13(19(22)23)8-15-14-5-4-6-16-18(14)12(9-17(15)21)10-20(16)2/h3-6,10,13,15,17H,1,7-9,11H2,2H3,(H,22,23)/t13-,15?,17-/m1/s1. The third kappa shape index (κ3) is 2.12. The Balaban J connectivity index is 1.84. The highest BCUT2D eigenvalue weighted by Crippen LogP contribution is 2.45. The number of carboxylic acid groups (broad SMARTS) is 1. The van der Waals surface area contributed by atoms with Gasteiger partial charge in [-0.1, -0.05) is 18.2 Å². The maximum Gasteiger partial charge on any atom is 0.307 e. The zero-order valence-corrected chi connectivity index (χ0v) is 13.4. The van der Waals surface area contributed by atoms with Gasteiger partial charge in [-0.15, -0.1) is 6.58 Å². The van der Waals surface area contributed by atoms with E-state index in [2.05, 4.69) is 47.5 Å². The quantitative estimate of drug-likeness (QED) is 0.887. The third-order valence-corrected chi connectivity index (χ3v) is 5.59. The average Bonchev–Trinajstić information content (AvgIpc) is 2.86. The Morgan fingerprint density at radius 3 is 3.04 bits per heavy atom. The maximum atomic E-state index is 11.6. The van der Waals surface area contributed by atoms with Gasteiger partial charge in [-0.25, -0.2) is 0 Å². The van der Waals surface area contributed by atoms with Crippen molar-refractivity contribution in [3.8, 4) is 0 Å². The highest BCUT2D eigenvalue weighted by atomic mass is 16.4. The van der Waals surface area contributed by atoms with Gasteiger partial charge in [-0.05, 0) is 30.0 Å². The van der Waals surface area contributed by atoms with Crippen molar-refractivity contribution >= 4 is 16.9 Å². The summed E-state index contributed by atoms with van der Waals surface area (Å²) in [6.45, 7) is 5.23. The van der Waals surface area contributed by atoms with Gasteiger partial charge in [0, 0.05) is 49.2 Å². The van der Waals surface area contributed by atoms with Gasteiger partial charge in [0.05, 0.1) is 5.92 Å². The Morgan fingerprint density at radius 1 is 1.48 bits per heavy atom. The summed E-state index contributed by atoms with van der Waals surface area (Å²) >= 11 is 0. The van der Waals surface area contributed by atoms with Gasteiger partial charge >= 0.3 is 5.97 Å². The first-order valence-corrected chi connectivity index (χ1v) is 8.24. The van der Waals surface area contributed by atoms with E-state index in [9.17, 15) is 9.90 Å². The molecular weight excluding hydrogens is 288 g/mol. The van der Waals surface area contributed by atoms with Crippen LogP contribution in [0.5, 0.6) is 0 Å². The van der Waals surface area contributed by atoms with E-state index in [1.807, 2.05) is 6.08 Å². The number of hydrogen-bond donors (Lipinski definition) is 1. The molecule has 2 aliphatic rings. The second kappa shape index (κ2) is 5.24. The summed E-state index contributed by atoms with van der Waals surface area (Å²) < 4.78 is 2.19. The second-order valence-corrected chi connectivity index (χ2v) is 6.90. The van der Waals surface area contributed by atoms with Crippen molar-refractivity contribution in [2.75, 3.05) is 13.1 Å². The molecule has 1 aromatic carbocycles. The topological polar surface area (TPSA) is 45.5 Å². The van der Waals surface area contributed by atoms with Crippen LogP contribution >= 0.6 is 0 Å². The average molecular weight is 310 g/mol. The number of carboxylic acids is 1. The first-order valence-electron chi connectivity index (χ1n) is 8.24. The number of aliphatic carboxylic acids is 1. The van der Waals surface area contributed by atoms with E-state index < -0.39 is 5.97 Å². The van der Waals surface area contributed by atoms with Crippen LogP contribution in [0.3, 0.4) is 0 Å². The summed E-state index contributed by atoms with van der Waals surface area (Å²) in [7, 11) is 2.09. The zero-order chi connectivity index (χ0) is 16.1. The number of piperidine rings is 1. The van der Waals surface area contributed by atoms with Crippen LogP contribution in [0, 0.1) is 5.92 Å². The molecule has 23 heavy (non-hydrogen) atoms. The predicted octanol–water partition coefficient (Wildman–Crippen LogP) is 2.78. The van der Waals surface area contributed by atoms with Crippen molar-refractivity contribution in [1.29, 1.82) is 0 Å². The SMILES string of the molecule is C=CCN1C[C@H](C(=O)O)CC2c3cccc4c3c(cn4C)C[C@H]21. The number of hydrogen-bond acceptors (Lipinski definition) is 2. The van der Waals surface area contributed by atoms with Crippen molar-refractivity contribution in [2.45, 2.75) is 24.8 Å². The molecule has 4 nitrogen and oxygen atoms in total. The fourth-order valence-corrected chi connectivity index (χ4v) is 4.63. The summed E-state index contributed by atoms with van der Waals surface area (Å²) in [6.07, 6.45) is 5.86. The van der Waals surface area contributed by atoms with Crippen LogP contribution in [-0.4, -0.2) is 39.7 Å². The smallest absolute Gasteiger partial charge is 0.307 e. The third-order valence-electron chi connectivity index (χ3n) is 5.59. The molecular formula is C19H22N2O2. The fourth-order valence-electron chi connectivity index (χ4n) is 4.63. The molecule has 0 radical (unpaired) electrons. The van der Waals surface area contributed by atoms with E-state index in [4.69, 9.17) is 0 Å². The lowest BCUT2D eigenvalue weighted by Gasteiger charge is -2.45. The Hall–Kier alpha value is -2.07. The molecule has 4 heteroatoms. The van der Waals surface area contributed by atoms with Crippen LogP contribution in [0.15, 0.2) is 37.1 Å². The van der Waals surface area contributed by atoms with E-state index in [0.29, 0.717) is 18.5 Å². The van der Waals surface area contributed by atoms with Crippen LogP contribution < -0.4 is 0 Å². The molecule has 1 unspecified atom stereocenters. The van der Waals surface area contributed by atoms with Gasteiger partial charge < -0.3 is 9.67 Å². The number of benzene rings is 1. The van der Waals surface area contributed by atoms with Gasteiger partial charge in [0.2, 0.25) is 0 Å². The minimum absolute atomic E-state index is 0.295. The first-order chi connectivity index (χ1) is 11.1. The zero-order valence-electron chi connectivity index (χ0n) is 13.4. The highest BCUT2D eigenvalue weighted by Gasteiger charge is 2.42. The molecule has 1 aliphatic carbocycles. The number of aryl methyl sites for hydroxylation is 1. The molecule has 120 valence electrons. The highest BCUT2D eigenvalue weighted by molar-refractivity contribution is 5.89. The number of likely N-dealkylation sites (tertiary alicyclic amines) is 1. The summed E-state index contributed by atoms with van der Waals surface area (Å²) in [5.74, 6) is -0.677. The molecule has 0 bridgehead atoms. The Kier molecular flexibility index (Phi) is 3.31. The van der Waals surface area contributed by atoms with Gasteiger partial charge in [-0.3, -0.25) is 9.69 Å². The van der Waals surface area contributed by atoms with Crippen LogP contribution in [0.2, 0.25) is 0 Å². The molecule has 0 spiro atoms. The number of carbonyl (C=O) groups is 1.